The minimum atomic E-state index is -0.271. The molecule has 0 fully saturated rings. The summed E-state index contributed by atoms with van der Waals surface area (Å²) in [6.45, 7) is 2.01. The van der Waals surface area contributed by atoms with Gasteiger partial charge in [-0.05, 0) is 19.1 Å². The van der Waals surface area contributed by atoms with Crippen molar-refractivity contribution in [2.24, 2.45) is 0 Å². The number of allylic oxidation sites excluding steroid dienone is 1. The van der Waals surface area contributed by atoms with Crippen LogP contribution in [0.1, 0.15) is 6.92 Å². The molecule has 0 aromatic heterocycles. The number of nitrogens with zero attached hydrogens (tertiary/aromatic N) is 2. The van der Waals surface area contributed by atoms with Gasteiger partial charge in [-0.15, -0.1) is 0 Å². The Kier molecular flexibility index (Phi) is 3.04. The van der Waals surface area contributed by atoms with Crippen LogP contribution in [0.4, 0.5) is 5.69 Å². The molecule has 0 bridgehead atoms. The van der Waals surface area contributed by atoms with Gasteiger partial charge in [0, 0.05) is 14.1 Å². The lowest BCUT2D eigenvalue weighted by Crippen LogP contribution is -2.42. The molecule has 4 nitrogen and oxygen atoms in total. The van der Waals surface area contributed by atoms with Crippen molar-refractivity contribution in [3.8, 4) is 0 Å². The second-order valence-corrected chi connectivity index (χ2v) is 4.03. The van der Waals surface area contributed by atoms with Crippen LogP contribution >= 0.6 is 0 Å². The first-order valence-electron chi connectivity index (χ1n) is 5.62. The van der Waals surface area contributed by atoms with E-state index >= 15 is 0 Å². The van der Waals surface area contributed by atoms with E-state index in [-0.39, 0.29) is 6.04 Å². The van der Waals surface area contributed by atoms with Crippen molar-refractivity contribution < 1.29 is 4.79 Å². The van der Waals surface area contributed by atoms with E-state index in [0.717, 1.165) is 23.4 Å². The van der Waals surface area contributed by atoms with Crippen molar-refractivity contribution in [3.05, 3.63) is 41.7 Å². The lowest BCUT2D eigenvalue weighted by molar-refractivity contribution is -0.108. The molecule has 1 N–H and O–H groups in total. The zero-order valence-corrected chi connectivity index (χ0v) is 10.3. The number of nitrogens with one attached hydrogen (secondary N) is 1. The summed E-state index contributed by atoms with van der Waals surface area (Å²) in [5, 5.41) is 7.09. The Balaban J connectivity index is 2.41. The minimum Gasteiger partial charge on any atom is -0.388 e. The standard InChI is InChI=1S/C13H17N3O/c1-10-13(14-2)12(9-17)16(15(10)3)11-7-5-4-6-8-11/h4-9,12,14H,1-3H3. The number of carbonyl (C=O) groups is 1. The van der Waals surface area contributed by atoms with Crippen molar-refractivity contribution in [3.63, 3.8) is 0 Å². The van der Waals surface area contributed by atoms with Gasteiger partial charge in [0.1, 0.15) is 6.04 Å². The molecule has 90 valence electrons. The van der Waals surface area contributed by atoms with E-state index < -0.39 is 0 Å². The fourth-order valence-corrected chi connectivity index (χ4v) is 2.23. The Bertz CT molecular complexity index is 441. The molecule has 1 aromatic carbocycles. The fourth-order valence-electron chi connectivity index (χ4n) is 2.23. The number of likely N-dealkylation sites (N-methyl/N-ethyl adjacent to an activating group) is 1. The maximum atomic E-state index is 11.3. The monoisotopic (exact) mass is 231 g/mol. The molecule has 1 atom stereocenters. The van der Waals surface area contributed by atoms with E-state index in [4.69, 9.17) is 0 Å². The van der Waals surface area contributed by atoms with E-state index in [9.17, 15) is 4.79 Å². The quantitative estimate of drug-likeness (QED) is 0.797. The summed E-state index contributed by atoms with van der Waals surface area (Å²) in [5.74, 6) is 0. The van der Waals surface area contributed by atoms with E-state index in [2.05, 4.69) is 5.32 Å². The van der Waals surface area contributed by atoms with Crippen LogP contribution in [0.15, 0.2) is 41.7 Å². The summed E-state index contributed by atoms with van der Waals surface area (Å²) < 4.78 is 0. The Labute approximate surface area is 101 Å². The average Bonchev–Trinajstić information content (AvgIpc) is 2.62. The summed E-state index contributed by atoms with van der Waals surface area (Å²) in [5.41, 5.74) is 3.02. The maximum Gasteiger partial charge on any atom is 0.150 e. The van der Waals surface area contributed by atoms with Crippen molar-refractivity contribution in [1.82, 2.24) is 10.3 Å². The highest BCUT2D eigenvalue weighted by Crippen LogP contribution is 2.30. The Morgan fingerprint density at radius 2 is 1.94 bits per heavy atom. The van der Waals surface area contributed by atoms with Crippen LogP contribution in [0, 0.1) is 0 Å². The smallest absolute Gasteiger partial charge is 0.150 e. The first-order chi connectivity index (χ1) is 8.20. The number of para-hydroxylation sites is 1. The average molecular weight is 231 g/mol. The molecule has 0 radical (unpaired) electrons. The Morgan fingerprint density at radius 1 is 1.29 bits per heavy atom. The van der Waals surface area contributed by atoms with Crippen LogP contribution in [0.2, 0.25) is 0 Å². The second-order valence-electron chi connectivity index (χ2n) is 4.03. The van der Waals surface area contributed by atoms with E-state index in [0.29, 0.717) is 0 Å². The predicted molar refractivity (Wildman–Crippen MR) is 68.3 cm³/mol. The van der Waals surface area contributed by atoms with Gasteiger partial charge in [0.2, 0.25) is 0 Å². The van der Waals surface area contributed by atoms with Gasteiger partial charge in [-0.25, -0.2) is 0 Å². The van der Waals surface area contributed by atoms with Crippen molar-refractivity contribution in [2.75, 3.05) is 19.1 Å². The molecule has 17 heavy (non-hydrogen) atoms. The second kappa shape index (κ2) is 4.49. The molecule has 1 unspecified atom stereocenters. The SMILES string of the molecule is CNC1=C(C)N(C)N(c2ccccc2)C1C=O. The van der Waals surface area contributed by atoms with Gasteiger partial charge in [-0.2, -0.15) is 0 Å². The summed E-state index contributed by atoms with van der Waals surface area (Å²) in [6, 6.07) is 9.63. The molecule has 2 rings (SSSR count). The van der Waals surface area contributed by atoms with Gasteiger partial charge in [-0.3, -0.25) is 10.0 Å². The highest BCUT2D eigenvalue weighted by molar-refractivity contribution is 5.72. The first kappa shape index (κ1) is 11.5. The van der Waals surface area contributed by atoms with E-state index in [1.54, 1.807) is 0 Å². The summed E-state index contributed by atoms with van der Waals surface area (Å²) in [4.78, 5) is 11.3. The zero-order chi connectivity index (χ0) is 12.4. The molecule has 0 spiro atoms. The van der Waals surface area contributed by atoms with Gasteiger partial charge in [0.25, 0.3) is 0 Å². The lowest BCUT2D eigenvalue weighted by atomic mass is 10.2. The molecular formula is C13H17N3O. The number of aldehydes is 1. The number of carbonyl (C=O) groups excluding carboxylic acids is 1. The molecule has 0 saturated carbocycles. The fraction of sp³-hybridized carbons (Fsp3) is 0.308. The van der Waals surface area contributed by atoms with Crippen molar-refractivity contribution in [1.29, 1.82) is 0 Å². The zero-order valence-electron chi connectivity index (χ0n) is 10.3. The van der Waals surface area contributed by atoms with E-state index in [1.165, 1.54) is 0 Å². The molecule has 1 aromatic rings. The van der Waals surface area contributed by atoms with Gasteiger partial charge in [0.05, 0.1) is 17.1 Å². The number of hydrazine groups is 1. The lowest BCUT2D eigenvalue weighted by Gasteiger charge is -2.32. The molecular weight excluding hydrogens is 214 g/mol. The number of benzene rings is 1. The molecule has 0 aliphatic carbocycles. The molecule has 1 heterocycles. The highest BCUT2D eigenvalue weighted by atomic mass is 16.1. The molecule has 1 aliphatic heterocycles. The van der Waals surface area contributed by atoms with Crippen LogP contribution in [0.3, 0.4) is 0 Å². The number of hydrogen-bond acceptors (Lipinski definition) is 4. The third-order valence-corrected chi connectivity index (χ3v) is 3.18. The Hall–Kier alpha value is -1.97. The topological polar surface area (TPSA) is 35.6 Å². The van der Waals surface area contributed by atoms with Crippen LogP contribution < -0.4 is 10.3 Å². The van der Waals surface area contributed by atoms with Gasteiger partial charge in [-0.1, -0.05) is 18.2 Å². The number of rotatable bonds is 3. The summed E-state index contributed by atoms with van der Waals surface area (Å²) in [7, 11) is 3.81. The molecule has 4 heteroatoms. The van der Waals surface area contributed by atoms with Crippen LogP contribution in [-0.2, 0) is 4.79 Å². The van der Waals surface area contributed by atoms with Crippen molar-refractivity contribution >= 4 is 12.0 Å². The summed E-state index contributed by atoms with van der Waals surface area (Å²) >= 11 is 0. The van der Waals surface area contributed by atoms with Crippen molar-refractivity contribution in [2.45, 2.75) is 13.0 Å². The third-order valence-electron chi connectivity index (χ3n) is 3.18. The highest BCUT2D eigenvalue weighted by Gasteiger charge is 2.34. The molecule has 0 amide bonds. The van der Waals surface area contributed by atoms with Crippen LogP contribution in [0.5, 0.6) is 0 Å². The third kappa shape index (κ3) is 1.75. The predicted octanol–water partition coefficient (Wildman–Crippen LogP) is 1.37. The minimum absolute atomic E-state index is 0.271. The first-order valence-corrected chi connectivity index (χ1v) is 5.62. The number of hydrogen-bond donors (Lipinski definition) is 1. The number of anilines is 1. The maximum absolute atomic E-state index is 11.3. The van der Waals surface area contributed by atoms with Crippen LogP contribution in [0.25, 0.3) is 0 Å². The Morgan fingerprint density at radius 3 is 2.47 bits per heavy atom. The van der Waals surface area contributed by atoms with E-state index in [1.807, 2.05) is 61.4 Å². The molecule has 0 saturated heterocycles. The van der Waals surface area contributed by atoms with Gasteiger partial charge in [0.15, 0.2) is 6.29 Å². The van der Waals surface area contributed by atoms with Gasteiger partial charge >= 0.3 is 0 Å². The van der Waals surface area contributed by atoms with Crippen LogP contribution in [-0.4, -0.2) is 31.4 Å². The summed E-state index contributed by atoms with van der Waals surface area (Å²) in [6.07, 6.45) is 0.964. The normalized spacial score (nSPS) is 19.8. The molecule has 1 aliphatic rings. The van der Waals surface area contributed by atoms with Gasteiger partial charge < -0.3 is 10.1 Å². The largest absolute Gasteiger partial charge is 0.388 e.